The lowest BCUT2D eigenvalue weighted by Crippen LogP contribution is -2.31. The zero-order valence-corrected chi connectivity index (χ0v) is 17.1. The predicted molar refractivity (Wildman–Crippen MR) is 109 cm³/mol. The fraction of sp³-hybridized carbons (Fsp3) is 0.391. The van der Waals surface area contributed by atoms with Crippen molar-refractivity contribution in [2.24, 2.45) is 0 Å². The summed E-state index contributed by atoms with van der Waals surface area (Å²) in [5, 5.41) is 2.89. The second-order valence-corrected chi connectivity index (χ2v) is 7.14. The SMILES string of the molecule is COc1cccc(OC)c1C(=O)OCC(=O)N[C@@H](C)c1ccc2c(c1)CCCC2. The molecule has 154 valence electrons. The van der Waals surface area contributed by atoms with Crippen LogP contribution in [0.3, 0.4) is 0 Å². The largest absolute Gasteiger partial charge is 0.496 e. The molecular weight excluding hydrogens is 370 g/mol. The number of carbonyl (C=O) groups excluding carboxylic acids is 2. The van der Waals surface area contributed by atoms with Crippen LogP contribution in [0.25, 0.3) is 0 Å². The predicted octanol–water partition coefficient (Wildman–Crippen LogP) is 3.62. The molecule has 0 aromatic heterocycles. The van der Waals surface area contributed by atoms with E-state index in [2.05, 4.69) is 23.5 Å². The van der Waals surface area contributed by atoms with Gasteiger partial charge in [0.25, 0.3) is 5.91 Å². The summed E-state index contributed by atoms with van der Waals surface area (Å²) in [5.41, 5.74) is 3.98. The summed E-state index contributed by atoms with van der Waals surface area (Å²) in [6, 6.07) is 11.2. The second-order valence-electron chi connectivity index (χ2n) is 7.14. The van der Waals surface area contributed by atoms with E-state index in [1.54, 1.807) is 18.2 Å². The summed E-state index contributed by atoms with van der Waals surface area (Å²) in [5.74, 6) is -0.373. The lowest BCUT2D eigenvalue weighted by Gasteiger charge is -2.20. The smallest absolute Gasteiger partial charge is 0.346 e. The van der Waals surface area contributed by atoms with Gasteiger partial charge in [-0.25, -0.2) is 4.79 Å². The Kier molecular flexibility index (Phi) is 6.75. The number of nitrogens with one attached hydrogen (secondary N) is 1. The van der Waals surface area contributed by atoms with Gasteiger partial charge in [0.1, 0.15) is 17.1 Å². The molecule has 0 unspecified atom stereocenters. The number of benzene rings is 2. The summed E-state index contributed by atoms with van der Waals surface area (Å²) in [6.45, 7) is 1.54. The molecule has 1 N–H and O–H groups in total. The molecule has 0 saturated heterocycles. The number of amides is 1. The Labute approximate surface area is 171 Å². The van der Waals surface area contributed by atoms with E-state index in [1.165, 1.54) is 38.2 Å². The van der Waals surface area contributed by atoms with Crippen LogP contribution in [-0.2, 0) is 22.4 Å². The van der Waals surface area contributed by atoms with Crippen molar-refractivity contribution in [2.45, 2.75) is 38.6 Å². The van der Waals surface area contributed by atoms with E-state index in [0.717, 1.165) is 18.4 Å². The number of esters is 1. The van der Waals surface area contributed by atoms with Gasteiger partial charge in [-0.3, -0.25) is 4.79 Å². The molecule has 2 aromatic rings. The molecule has 0 spiro atoms. The lowest BCUT2D eigenvalue weighted by molar-refractivity contribution is -0.124. The Morgan fingerprint density at radius 3 is 2.31 bits per heavy atom. The number of ether oxygens (including phenoxy) is 3. The van der Waals surface area contributed by atoms with Crippen LogP contribution in [0, 0.1) is 0 Å². The minimum Gasteiger partial charge on any atom is -0.496 e. The number of fused-ring (bicyclic) bond motifs is 1. The van der Waals surface area contributed by atoms with Crippen LogP contribution in [0.2, 0.25) is 0 Å². The normalized spacial score (nSPS) is 13.8. The van der Waals surface area contributed by atoms with Gasteiger partial charge in [0.15, 0.2) is 6.61 Å². The van der Waals surface area contributed by atoms with Crippen LogP contribution in [0.15, 0.2) is 36.4 Å². The number of aryl methyl sites for hydroxylation is 2. The third-order valence-electron chi connectivity index (χ3n) is 5.22. The Morgan fingerprint density at radius 1 is 1.00 bits per heavy atom. The van der Waals surface area contributed by atoms with Crippen molar-refractivity contribution in [1.82, 2.24) is 5.32 Å². The van der Waals surface area contributed by atoms with Crippen LogP contribution in [-0.4, -0.2) is 32.7 Å². The first-order valence-electron chi connectivity index (χ1n) is 9.82. The third kappa shape index (κ3) is 4.88. The molecule has 3 rings (SSSR count). The summed E-state index contributed by atoms with van der Waals surface area (Å²) in [4.78, 5) is 24.8. The molecule has 1 amide bonds. The van der Waals surface area contributed by atoms with Crippen molar-refractivity contribution in [2.75, 3.05) is 20.8 Å². The van der Waals surface area contributed by atoms with Crippen molar-refractivity contribution in [1.29, 1.82) is 0 Å². The Bertz CT molecular complexity index is 871. The van der Waals surface area contributed by atoms with Crippen LogP contribution in [0.1, 0.15) is 52.9 Å². The quantitative estimate of drug-likeness (QED) is 0.723. The van der Waals surface area contributed by atoms with Gasteiger partial charge in [-0.15, -0.1) is 0 Å². The average molecular weight is 397 g/mol. The average Bonchev–Trinajstić information content (AvgIpc) is 2.76. The minimum atomic E-state index is -0.670. The first kappa shape index (κ1) is 20.7. The van der Waals surface area contributed by atoms with Crippen molar-refractivity contribution in [3.63, 3.8) is 0 Å². The minimum absolute atomic E-state index is 0.160. The van der Waals surface area contributed by atoms with Crippen molar-refractivity contribution < 1.29 is 23.8 Å². The molecule has 0 bridgehead atoms. The first-order valence-corrected chi connectivity index (χ1v) is 9.82. The molecule has 0 radical (unpaired) electrons. The highest BCUT2D eigenvalue weighted by Gasteiger charge is 2.21. The molecule has 29 heavy (non-hydrogen) atoms. The monoisotopic (exact) mass is 397 g/mol. The van der Waals surface area contributed by atoms with E-state index < -0.39 is 5.97 Å². The zero-order chi connectivity index (χ0) is 20.8. The molecule has 2 aromatic carbocycles. The van der Waals surface area contributed by atoms with Gasteiger partial charge in [-0.2, -0.15) is 0 Å². The molecule has 0 fully saturated rings. The van der Waals surface area contributed by atoms with Crippen LogP contribution in [0.5, 0.6) is 11.5 Å². The maximum Gasteiger partial charge on any atom is 0.346 e. The molecule has 6 nitrogen and oxygen atoms in total. The van der Waals surface area contributed by atoms with Gasteiger partial charge in [0.2, 0.25) is 0 Å². The summed E-state index contributed by atoms with van der Waals surface area (Å²) >= 11 is 0. The number of hydrogen-bond donors (Lipinski definition) is 1. The van der Waals surface area contributed by atoms with E-state index in [-0.39, 0.29) is 24.1 Å². The molecule has 0 aliphatic heterocycles. The second kappa shape index (κ2) is 9.45. The standard InChI is InChI=1S/C23H27NO5/c1-15(17-12-11-16-7-4-5-8-18(16)13-17)24-21(25)14-29-23(26)22-19(27-2)9-6-10-20(22)28-3/h6,9-13,15H,4-5,7-8,14H2,1-3H3,(H,24,25)/t15-/m0/s1. The fourth-order valence-corrected chi connectivity index (χ4v) is 3.64. The summed E-state index contributed by atoms with van der Waals surface area (Å²) in [6.07, 6.45) is 4.65. The molecule has 1 aliphatic rings. The Hall–Kier alpha value is -3.02. The molecular formula is C23H27NO5. The van der Waals surface area contributed by atoms with E-state index in [1.807, 2.05) is 6.92 Å². The third-order valence-corrected chi connectivity index (χ3v) is 5.22. The van der Waals surface area contributed by atoms with Crippen molar-refractivity contribution in [3.8, 4) is 11.5 Å². The van der Waals surface area contributed by atoms with E-state index >= 15 is 0 Å². The maximum absolute atomic E-state index is 12.5. The van der Waals surface area contributed by atoms with Crippen LogP contribution < -0.4 is 14.8 Å². The van der Waals surface area contributed by atoms with Crippen molar-refractivity contribution >= 4 is 11.9 Å². The fourth-order valence-electron chi connectivity index (χ4n) is 3.64. The van der Waals surface area contributed by atoms with Gasteiger partial charge >= 0.3 is 5.97 Å². The van der Waals surface area contributed by atoms with Gasteiger partial charge in [-0.05, 0) is 61.4 Å². The topological polar surface area (TPSA) is 73.9 Å². The van der Waals surface area contributed by atoms with E-state index in [9.17, 15) is 9.59 Å². The summed E-state index contributed by atoms with van der Waals surface area (Å²) in [7, 11) is 2.91. The number of hydrogen-bond acceptors (Lipinski definition) is 5. The number of rotatable bonds is 7. The van der Waals surface area contributed by atoms with Gasteiger partial charge in [0, 0.05) is 0 Å². The van der Waals surface area contributed by atoms with E-state index in [0.29, 0.717) is 11.5 Å². The number of carbonyl (C=O) groups is 2. The Morgan fingerprint density at radius 2 is 1.66 bits per heavy atom. The van der Waals surface area contributed by atoms with Gasteiger partial charge in [-0.1, -0.05) is 24.3 Å². The number of methoxy groups -OCH3 is 2. The molecule has 0 heterocycles. The molecule has 6 heteroatoms. The highest BCUT2D eigenvalue weighted by atomic mass is 16.5. The first-order chi connectivity index (χ1) is 14.0. The lowest BCUT2D eigenvalue weighted by atomic mass is 9.89. The van der Waals surface area contributed by atoms with Crippen LogP contribution >= 0.6 is 0 Å². The molecule has 0 saturated carbocycles. The maximum atomic E-state index is 12.5. The molecule has 1 aliphatic carbocycles. The van der Waals surface area contributed by atoms with Crippen molar-refractivity contribution in [3.05, 3.63) is 58.7 Å². The highest BCUT2D eigenvalue weighted by Crippen LogP contribution is 2.29. The summed E-state index contributed by atoms with van der Waals surface area (Å²) < 4.78 is 15.6. The van der Waals surface area contributed by atoms with E-state index in [4.69, 9.17) is 14.2 Å². The van der Waals surface area contributed by atoms with Crippen LogP contribution in [0.4, 0.5) is 0 Å². The zero-order valence-electron chi connectivity index (χ0n) is 17.1. The van der Waals surface area contributed by atoms with Gasteiger partial charge < -0.3 is 19.5 Å². The van der Waals surface area contributed by atoms with Gasteiger partial charge in [0.05, 0.1) is 20.3 Å². The molecule has 1 atom stereocenters. The Balaban J connectivity index is 1.59. The highest BCUT2D eigenvalue weighted by molar-refractivity contribution is 5.96.